The molecule has 0 aromatic heterocycles. The van der Waals surface area contributed by atoms with Crippen molar-refractivity contribution in [3.8, 4) is 0 Å². The van der Waals surface area contributed by atoms with Crippen LogP contribution in [0.3, 0.4) is 0 Å². The summed E-state index contributed by atoms with van der Waals surface area (Å²) in [7, 11) is 2.15. The lowest BCUT2D eigenvalue weighted by Crippen LogP contribution is -2.44. The predicted molar refractivity (Wildman–Crippen MR) is 64.3 cm³/mol. The molecule has 1 saturated carbocycles. The van der Waals surface area contributed by atoms with E-state index in [4.69, 9.17) is 0 Å². The van der Waals surface area contributed by atoms with E-state index in [9.17, 15) is 4.79 Å². The summed E-state index contributed by atoms with van der Waals surface area (Å²) in [6, 6.07) is 0.530. The van der Waals surface area contributed by atoms with Gasteiger partial charge in [0, 0.05) is 12.6 Å². The van der Waals surface area contributed by atoms with Crippen molar-refractivity contribution in [2.45, 2.75) is 31.7 Å². The fraction of sp³-hybridized carbons (Fsp3) is 0.917. The molecular weight excluding hydrogens is 202 g/mol. The van der Waals surface area contributed by atoms with E-state index < -0.39 is 0 Å². The Balaban J connectivity index is 1.53. The minimum absolute atomic E-state index is 0.158. The van der Waals surface area contributed by atoms with E-state index in [-0.39, 0.29) is 5.91 Å². The molecule has 1 aliphatic heterocycles. The van der Waals surface area contributed by atoms with E-state index >= 15 is 0 Å². The third kappa shape index (κ3) is 4.10. The third-order valence-corrected chi connectivity index (χ3v) is 3.55. The Hall–Kier alpha value is -0.610. The summed E-state index contributed by atoms with van der Waals surface area (Å²) in [5.74, 6) is 0.929. The molecule has 2 N–H and O–H groups in total. The van der Waals surface area contributed by atoms with Crippen molar-refractivity contribution in [1.29, 1.82) is 0 Å². The second kappa shape index (κ2) is 5.64. The maximum atomic E-state index is 11.5. The summed E-state index contributed by atoms with van der Waals surface area (Å²) in [5.41, 5.74) is 0. The van der Waals surface area contributed by atoms with Crippen molar-refractivity contribution in [2.75, 3.05) is 33.2 Å². The second-order valence-corrected chi connectivity index (χ2v) is 5.21. The zero-order valence-corrected chi connectivity index (χ0v) is 10.2. The zero-order valence-electron chi connectivity index (χ0n) is 10.2. The van der Waals surface area contributed by atoms with Crippen LogP contribution < -0.4 is 10.6 Å². The maximum absolute atomic E-state index is 11.5. The Morgan fingerprint density at radius 1 is 1.25 bits per heavy atom. The minimum Gasteiger partial charge on any atom is -0.355 e. The lowest BCUT2D eigenvalue weighted by molar-refractivity contribution is -0.120. The zero-order chi connectivity index (χ0) is 11.4. The van der Waals surface area contributed by atoms with E-state index in [0.29, 0.717) is 12.6 Å². The first-order valence-electron chi connectivity index (χ1n) is 6.42. The number of nitrogens with one attached hydrogen (secondary N) is 2. The van der Waals surface area contributed by atoms with E-state index in [1.165, 1.54) is 12.8 Å². The van der Waals surface area contributed by atoms with Gasteiger partial charge in [0.15, 0.2) is 0 Å². The number of hydrogen-bond acceptors (Lipinski definition) is 3. The average Bonchev–Trinajstić information content (AvgIpc) is 3.09. The first-order valence-corrected chi connectivity index (χ1v) is 6.42. The third-order valence-electron chi connectivity index (χ3n) is 3.55. The molecule has 0 bridgehead atoms. The smallest absolute Gasteiger partial charge is 0.233 e. The number of hydrogen-bond donors (Lipinski definition) is 2. The van der Waals surface area contributed by atoms with Gasteiger partial charge in [0.05, 0.1) is 6.54 Å². The highest BCUT2D eigenvalue weighted by atomic mass is 16.1. The number of piperidine rings is 1. The molecule has 1 saturated heterocycles. The number of amides is 1. The maximum Gasteiger partial charge on any atom is 0.233 e. The molecule has 0 radical (unpaired) electrons. The molecule has 0 aromatic rings. The van der Waals surface area contributed by atoms with Crippen LogP contribution in [0.4, 0.5) is 0 Å². The highest BCUT2D eigenvalue weighted by Gasteiger charge is 2.22. The van der Waals surface area contributed by atoms with E-state index in [1.54, 1.807) is 0 Å². The van der Waals surface area contributed by atoms with Crippen molar-refractivity contribution >= 4 is 5.91 Å². The largest absolute Gasteiger partial charge is 0.355 e. The summed E-state index contributed by atoms with van der Waals surface area (Å²) in [6.45, 7) is 3.65. The summed E-state index contributed by atoms with van der Waals surface area (Å²) in [5, 5.41) is 6.33. The lowest BCUT2D eigenvalue weighted by atomic mass is 10.1. The van der Waals surface area contributed by atoms with Crippen LogP contribution in [0.25, 0.3) is 0 Å². The van der Waals surface area contributed by atoms with Gasteiger partial charge in [0.1, 0.15) is 0 Å². The van der Waals surface area contributed by atoms with E-state index in [2.05, 4.69) is 22.6 Å². The number of carbonyl (C=O) groups excluding carboxylic acids is 1. The van der Waals surface area contributed by atoms with Crippen molar-refractivity contribution < 1.29 is 4.79 Å². The summed E-state index contributed by atoms with van der Waals surface area (Å²) < 4.78 is 0. The molecule has 2 fully saturated rings. The molecule has 16 heavy (non-hydrogen) atoms. The molecule has 2 aliphatic rings. The Morgan fingerprint density at radius 3 is 2.56 bits per heavy atom. The van der Waals surface area contributed by atoms with Gasteiger partial charge < -0.3 is 15.5 Å². The van der Waals surface area contributed by atoms with Crippen LogP contribution in [-0.2, 0) is 4.79 Å². The molecule has 92 valence electrons. The number of likely N-dealkylation sites (tertiary alicyclic amines) is 1. The van der Waals surface area contributed by atoms with Crippen LogP contribution in [0.5, 0.6) is 0 Å². The molecule has 0 unspecified atom stereocenters. The van der Waals surface area contributed by atoms with Crippen LogP contribution in [0.15, 0.2) is 0 Å². The molecule has 1 aliphatic carbocycles. The van der Waals surface area contributed by atoms with Gasteiger partial charge in [-0.05, 0) is 51.7 Å². The van der Waals surface area contributed by atoms with Crippen LogP contribution in [0.2, 0.25) is 0 Å². The van der Waals surface area contributed by atoms with Crippen molar-refractivity contribution in [3.05, 3.63) is 0 Å². The Labute approximate surface area is 97.8 Å². The van der Waals surface area contributed by atoms with Crippen molar-refractivity contribution in [2.24, 2.45) is 5.92 Å². The average molecular weight is 225 g/mol. The molecule has 0 aromatic carbocycles. The minimum atomic E-state index is 0.158. The van der Waals surface area contributed by atoms with E-state index in [0.717, 1.165) is 38.4 Å². The predicted octanol–water partition coefficient (Wildman–Crippen LogP) is 0.196. The first kappa shape index (κ1) is 11.9. The van der Waals surface area contributed by atoms with Gasteiger partial charge in [0.25, 0.3) is 0 Å². The van der Waals surface area contributed by atoms with Crippen molar-refractivity contribution in [3.63, 3.8) is 0 Å². The summed E-state index contributed by atoms with van der Waals surface area (Å²) >= 11 is 0. The second-order valence-electron chi connectivity index (χ2n) is 5.21. The molecule has 0 atom stereocenters. The Kier molecular flexibility index (Phi) is 4.18. The molecule has 0 spiro atoms. The SMILES string of the molecule is CN1CCC(NCC(=O)NCC2CC2)CC1. The lowest BCUT2D eigenvalue weighted by Gasteiger charge is -2.29. The standard InChI is InChI=1S/C12H23N3O/c1-15-6-4-11(5-7-15)13-9-12(16)14-8-10-2-3-10/h10-11,13H,2-9H2,1H3,(H,14,16). The van der Waals surface area contributed by atoms with Crippen molar-refractivity contribution in [1.82, 2.24) is 15.5 Å². The Bertz CT molecular complexity index is 232. The molecule has 1 heterocycles. The normalized spacial score (nSPS) is 23.3. The van der Waals surface area contributed by atoms with Gasteiger partial charge in [-0.2, -0.15) is 0 Å². The van der Waals surface area contributed by atoms with Gasteiger partial charge in [-0.25, -0.2) is 0 Å². The molecule has 2 rings (SSSR count). The number of nitrogens with zero attached hydrogens (tertiary/aromatic N) is 1. The van der Waals surface area contributed by atoms with Gasteiger partial charge in [0.2, 0.25) is 5.91 Å². The highest BCUT2D eigenvalue weighted by Crippen LogP contribution is 2.27. The fourth-order valence-electron chi connectivity index (χ4n) is 2.09. The topological polar surface area (TPSA) is 44.4 Å². The molecule has 4 nitrogen and oxygen atoms in total. The van der Waals surface area contributed by atoms with Crippen LogP contribution in [0.1, 0.15) is 25.7 Å². The fourth-order valence-corrected chi connectivity index (χ4v) is 2.09. The van der Waals surface area contributed by atoms with Crippen LogP contribution in [-0.4, -0.2) is 50.1 Å². The van der Waals surface area contributed by atoms with E-state index in [1.807, 2.05) is 0 Å². The highest BCUT2D eigenvalue weighted by molar-refractivity contribution is 5.78. The number of rotatable bonds is 5. The Morgan fingerprint density at radius 2 is 1.94 bits per heavy atom. The monoisotopic (exact) mass is 225 g/mol. The number of carbonyl (C=O) groups is 1. The first-order chi connectivity index (χ1) is 7.74. The van der Waals surface area contributed by atoms with Gasteiger partial charge >= 0.3 is 0 Å². The molecular formula is C12H23N3O. The summed E-state index contributed by atoms with van der Waals surface area (Å²) in [4.78, 5) is 13.8. The molecule has 1 amide bonds. The quantitative estimate of drug-likeness (QED) is 0.702. The summed E-state index contributed by atoms with van der Waals surface area (Å²) in [6.07, 6.45) is 4.91. The van der Waals surface area contributed by atoms with Gasteiger partial charge in [-0.1, -0.05) is 0 Å². The molecule has 4 heteroatoms. The van der Waals surface area contributed by atoms with Crippen LogP contribution >= 0.6 is 0 Å². The van der Waals surface area contributed by atoms with Gasteiger partial charge in [-0.3, -0.25) is 4.79 Å². The van der Waals surface area contributed by atoms with Crippen LogP contribution in [0, 0.1) is 5.92 Å². The van der Waals surface area contributed by atoms with Gasteiger partial charge in [-0.15, -0.1) is 0 Å².